The molecule has 2 aromatic heterocycles. The van der Waals surface area contributed by atoms with Crippen molar-refractivity contribution in [1.29, 1.82) is 0 Å². The van der Waals surface area contributed by atoms with Crippen molar-refractivity contribution >= 4 is 34.1 Å². The zero-order valence-corrected chi connectivity index (χ0v) is 12.4. The van der Waals surface area contributed by atoms with Gasteiger partial charge in [-0.2, -0.15) is 0 Å². The number of thioether (sulfide) groups is 1. The molecule has 0 saturated carbocycles. The number of carbonyl (C=O) groups excluding carboxylic acids is 1. The number of nitrogens with zero attached hydrogens (tertiary/aromatic N) is 2. The molecule has 7 heteroatoms. The summed E-state index contributed by atoms with van der Waals surface area (Å²) in [7, 11) is 0. The monoisotopic (exact) mass is 297 g/mol. The molecule has 0 bridgehead atoms. The number of nitrogens with one attached hydrogen (secondary N) is 1. The maximum Gasteiger partial charge on any atom is 0.223 e. The van der Waals surface area contributed by atoms with Crippen LogP contribution in [0, 0.1) is 0 Å². The first-order valence-corrected chi connectivity index (χ1v) is 7.77. The Kier molecular flexibility index (Phi) is 4.98. The third kappa shape index (κ3) is 4.36. The van der Waals surface area contributed by atoms with Crippen LogP contribution in [-0.2, 0) is 17.0 Å². The Morgan fingerprint density at radius 1 is 1.47 bits per heavy atom. The molecule has 0 aromatic carbocycles. The van der Waals surface area contributed by atoms with Crippen molar-refractivity contribution in [1.82, 2.24) is 9.97 Å². The van der Waals surface area contributed by atoms with E-state index in [0.29, 0.717) is 10.9 Å². The average Bonchev–Trinajstić information content (AvgIpc) is 2.96. The summed E-state index contributed by atoms with van der Waals surface area (Å²) < 4.78 is 6.63. The molecule has 0 aliphatic rings. The highest BCUT2D eigenvalue weighted by Gasteiger charge is 2.07. The maximum absolute atomic E-state index is 10.9. The lowest BCUT2D eigenvalue weighted by molar-refractivity contribution is -0.114. The van der Waals surface area contributed by atoms with Crippen LogP contribution in [0.25, 0.3) is 0 Å². The maximum atomic E-state index is 10.9. The molecule has 2 aromatic rings. The Balaban J connectivity index is 1.87. The van der Waals surface area contributed by atoms with Crippen LogP contribution in [0.15, 0.2) is 21.0 Å². The van der Waals surface area contributed by atoms with Gasteiger partial charge in [0, 0.05) is 13.3 Å². The number of aromatic nitrogens is 2. The number of rotatable bonds is 6. The summed E-state index contributed by atoms with van der Waals surface area (Å²) >= 11 is 3.05. The molecule has 0 aliphatic heterocycles. The summed E-state index contributed by atoms with van der Waals surface area (Å²) in [5.41, 5.74) is 0. The van der Waals surface area contributed by atoms with E-state index < -0.39 is 0 Å². The zero-order chi connectivity index (χ0) is 13.7. The van der Waals surface area contributed by atoms with Crippen molar-refractivity contribution in [2.75, 3.05) is 5.32 Å². The van der Waals surface area contributed by atoms with Crippen LogP contribution >= 0.6 is 23.1 Å². The van der Waals surface area contributed by atoms with Gasteiger partial charge in [0.25, 0.3) is 0 Å². The van der Waals surface area contributed by atoms with Gasteiger partial charge in [0.2, 0.25) is 11.8 Å². The topological polar surface area (TPSA) is 68.0 Å². The van der Waals surface area contributed by atoms with Crippen LogP contribution in [0.4, 0.5) is 5.13 Å². The quantitative estimate of drug-likeness (QED) is 0.828. The van der Waals surface area contributed by atoms with Crippen molar-refractivity contribution in [3.8, 4) is 0 Å². The first kappa shape index (κ1) is 14.1. The van der Waals surface area contributed by atoms with Gasteiger partial charge in [-0.05, 0) is 6.42 Å². The highest BCUT2D eigenvalue weighted by molar-refractivity contribution is 8.00. The predicted molar refractivity (Wildman–Crippen MR) is 76.5 cm³/mol. The lowest BCUT2D eigenvalue weighted by atomic mass is 10.3. The third-order valence-corrected chi connectivity index (χ3v) is 4.30. The van der Waals surface area contributed by atoms with E-state index in [2.05, 4.69) is 22.2 Å². The highest BCUT2D eigenvalue weighted by atomic mass is 32.2. The summed E-state index contributed by atoms with van der Waals surface area (Å²) in [6.07, 6.45) is 5.51. The summed E-state index contributed by atoms with van der Waals surface area (Å²) in [6.45, 7) is 3.58. The second kappa shape index (κ2) is 6.72. The van der Waals surface area contributed by atoms with E-state index >= 15 is 0 Å². The van der Waals surface area contributed by atoms with Crippen molar-refractivity contribution in [3.05, 3.63) is 24.0 Å². The van der Waals surface area contributed by atoms with Gasteiger partial charge in [-0.15, -0.1) is 11.8 Å². The van der Waals surface area contributed by atoms with Gasteiger partial charge in [0.05, 0.1) is 22.4 Å². The molecule has 1 N–H and O–H groups in total. The molecular weight excluding hydrogens is 282 g/mol. The minimum Gasteiger partial charge on any atom is -0.445 e. The highest BCUT2D eigenvalue weighted by Crippen LogP contribution is 2.30. The molecule has 2 heterocycles. The predicted octanol–water partition coefficient (Wildman–Crippen LogP) is 3.33. The van der Waals surface area contributed by atoms with Gasteiger partial charge in [-0.25, -0.2) is 9.97 Å². The molecule has 19 heavy (non-hydrogen) atoms. The fourth-order valence-corrected chi connectivity index (χ4v) is 3.22. The lowest BCUT2D eigenvalue weighted by Crippen LogP contribution is -2.04. The number of anilines is 1. The number of amides is 1. The molecule has 0 atom stereocenters. The largest absolute Gasteiger partial charge is 0.445 e. The van der Waals surface area contributed by atoms with Gasteiger partial charge in [-0.3, -0.25) is 4.79 Å². The summed E-state index contributed by atoms with van der Waals surface area (Å²) in [4.78, 5) is 19.2. The number of oxazole rings is 1. The molecule has 0 fully saturated rings. The molecule has 0 radical (unpaired) electrons. The van der Waals surface area contributed by atoms with Crippen LogP contribution < -0.4 is 5.32 Å². The van der Waals surface area contributed by atoms with E-state index in [0.717, 1.165) is 28.7 Å². The van der Waals surface area contributed by atoms with Crippen LogP contribution in [0.2, 0.25) is 0 Å². The molecule has 5 nitrogen and oxygen atoms in total. The number of thiazole rings is 1. The Hall–Kier alpha value is -1.34. The standard InChI is InChI=1S/C12H15N3O2S2/c1-3-4-9-5-13-10(17-9)7-18-11-6-14-12(19-11)15-8(2)16/h5-6H,3-4,7H2,1-2H3,(H,14,15,16). The number of hydrogen-bond donors (Lipinski definition) is 1. The third-order valence-electron chi connectivity index (χ3n) is 2.20. The van der Waals surface area contributed by atoms with E-state index in [1.165, 1.54) is 18.3 Å². The molecule has 0 saturated heterocycles. The first-order chi connectivity index (χ1) is 9.17. The summed E-state index contributed by atoms with van der Waals surface area (Å²) in [5.74, 6) is 2.22. The Labute approximate surface area is 119 Å². The molecule has 0 spiro atoms. The van der Waals surface area contributed by atoms with E-state index in [1.807, 2.05) is 0 Å². The van der Waals surface area contributed by atoms with Crippen LogP contribution in [-0.4, -0.2) is 15.9 Å². The fourth-order valence-electron chi connectivity index (χ4n) is 1.44. The fraction of sp³-hybridized carbons (Fsp3) is 0.417. The van der Waals surface area contributed by atoms with Crippen molar-refractivity contribution < 1.29 is 9.21 Å². The number of aryl methyl sites for hydroxylation is 1. The molecular formula is C12H15N3O2S2. The molecule has 102 valence electrons. The number of carbonyl (C=O) groups is 1. The van der Waals surface area contributed by atoms with Gasteiger partial charge in [0.1, 0.15) is 5.76 Å². The minimum absolute atomic E-state index is 0.109. The summed E-state index contributed by atoms with van der Waals surface area (Å²) in [5, 5.41) is 3.28. The van der Waals surface area contributed by atoms with Crippen LogP contribution in [0.1, 0.15) is 31.9 Å². The summed E-state index contributed by atoms with van der Waals surface area (Å²) in [6, 6.07) is 0. The zero-order valence-electron chi connectivity index (χ0n) is 10.8. The normalized spacial score (nSPS) is 10.6. The molecule has 0 aliphatic carbocycles. The van der Waals surface area contributed by atoms with E-state index in [4.69, 9.17) is 4.42 Å². The van der Waals surface area contributed by atoms with Gasteiger partial charge >= 0.3 is 0 Å². The average molecular weight is 297 g/mol. The molecule has 0 unspecified atom stereocenters. The van der Waals surface area contributed by atoms with Gasteiger partial charge < -0.3 is 9.73 Å². The number of hydrogen-bond acceptors (Lipinski definition) is 6. The smallest absolute Gasteiger partial charge is 0.223 e. The Bertz CT molecular complexity index is 551. The second-order valence-corrected chi connectivity index (χ2v) is 6.23. The van der Waals surface area contributed by atoms with Gasteiger partial charge in [0.15, 0.2) is 5.13 Å². The van der Waals surface area contributed by atoms with Crippen molar-refractivity contribution in [2.24, 2.45) is 0 Å². The van der Waals surface area contributed by atoms with Crippen molar-refractivity contribution in [2.45, 2.75) is 36.7 Å². The Morgan fingerprint density at radius 3 is 3.05 bits per heavy atom. The van der Waals surface area contributed by atoms with Crippen LogP contribution in [0.3, 0.4) is 0 Å². The van der Waals surface area contributed by atoms with E-state index in [1.54, 1.807) is 24.2 Å². The molecule has 2 rings (SSSR count). The van der Waals surface area contributed by atoms with E-state index in [9.17, 15) is 4.79 Å². The Morgan fingerprint density at radius 2 is 2.32 bits per heavy atom. The SMILES string of the molecule is CCCc1cnc(CSc2cnc(NC(C)=O)s2)o1. The van der Waals surface area contributed by atoms with Crippen molar-refractivity contribution in [3.63, 3.8) is 0 Å². The first-order valence-electron chi connectivity index (χ1n) is 5.97. The van der Waals surface area contributed by atoms with Gasteiger partial charge in [-0.1, -0.05) is 18.3 Å². The lowest BCUT2D eigenvalue weighted by Gasteiger charge is -1.94. The second-order valence-electron chi connectivity index (χ2n) is 3.92. The minimum atomic E-state index is -0.109. The van der Waals surface area contributed by atoms with E-state index in [-0.39, 0.29) is 5.91 Å². The van der Waals surface area contributed by atoms with Crippen LogP contribution in [0.5, 0.6) is 0 Å². The molecule has 1 amide bonds.